The molecule has 0 amide bonds. The molecule has 0 bridgehead atoms. The molecular formula is C9H12F3N. The number of hydrogen-bond acceptors (Lipinski definition) is 1. The van der Waals surface area contributed by atoms with E-state index in [-0.39, 0.29) is 0 Å². The smallest absolute Gasteiger partial charge is 0.383 e. The lowest BCUT2D eigenvalue weighted by Gasteiger charge is -2.08. The molecule has 0 N–H and O–H groups in total. The molecular weight excluding hydrogens is 179 g/mol. The molecule has 0 heterocycles. The van der Waals surface area contributed by atoms with Crippen LogP contribution in [0.3, 0.4) is 0 Å². The van der Waals surface area contributed by atoms with Gasteiger partial charge in [-0.05, 0) is 12.3 Å². The van der Waals surface area contributed by atoms with E-state index in [1.807, 2.05) is 0 Å². The maximum atomic E-state index is 12.2. The summed E-state index contributed by atoms with van der Waals surface area (Å²) in [6, 6.07) is 0. The van der Waals surface area contributed by atoms with Crippen LogP contribution >= 0.6 is 0 Å². The third kappa shape index (κ3) is 5.11. The first kappa shape index (κ1) is 11.8. The Morgan fingerprint density at radius 3 is 2.15 bits per heavy atom. The molecule has 74 valence electrons. The van der Waals surface area contributed by atoms with Crippen LogP contribution in [0.2, 0.25) is 0 Å². The molecule has 0 aromatic rings. The molecule has 0 saturated heterocycles. The lowest BCUT2D eigenvalue weighted by atomic mass is 10.2. The van der Waals surface area contributed by atoms with Gasteiger partial charge in [0.05, 0.1) is 5.57 Å². The van der Waals surface area contributed by atoms with Crippen molar-refractivity contribution < 1.29 is 13.2 Å². The SMILES string of the molecule is C=C/C=C(\C=C\N(C)C)C(F)(F)F. The van der Waals surface area contributed by atoms with E-state index in [2.05, 4.69) is 6.58 Å². The standard InChI is InChI=1S/C9H12F3N/c1-4-5-8(9(10,11)12)6-7-13(2)3/h4-7H,1H2,2-3H3/b7-6+,8-5+. The van der Waals surface area contributed by atoms with Gasteiger partial charge < -0.3 is 4.90 Å². The zero-order valence-corrected chi connectivity index (χ0v) is 7.60. The zero-order valence-electron chi connectivity index (χ0n) is 7.60. The summed E-state index contributed by atoms with van der Waals surface area (Å²) >= 11 is 0. The average molecular weight is 191 g/mol. The summed E-state index contributed by atoms with van der Waals surface area (Å²) in [6.45, 7) is 3.22. The number of hydrogen-bond donors (Lipinski definition) is 0. The van der Waals surface area contributed by atoms with E-state index in [0.29, 0.717) is 0 Å². The van der Waals surface area contributed by atoms with Gasteiger partial charge in [0.15, 0.2) is 0 Å². The third-order valence-electron chi connectivity index (χ3n) is 1.18. The van der Waals surface area contributed by atoms with Gasteiger partial charge in [-0.15, -0.1) is 0 Å². The van der Waals surface area contributed by atoms with Crippen LogP contribution in [0.5, 0.6) is 0 Å². The second-order valence-electron chi connectivity index (χ2n) is 2.63. The minimum atomic E-state index is -4.32. The van der Waals surface area contributed by atoms with Crippen LogP contribution in [0.15, 0.2) is 36.6 Å². The van der Waals surface area contributed by atoms with Crippen molar-refractivity contribution in [1.29, 1.82) is 0 Å². The Labute approximate surface area is 75.8 Å². The predicted octanol–water partition coefficient (Wildman–Crippen LogP) is 2.74. The van der Waals surface area contributed by atoms with Crippen molar-refractivity contribution in [3.05, 3.63) is 36.6 Å². The highest BCUT2D eigenvalue weighted by molar-refractivity contribution is 5.27. The first-order valence-electron chi connectivity index (χ1n) is 3.62. The Bertz CT molecular complexity index is 224. The van der Waals surface area contributed by atoms with Crippen molar-refractivity contribution >= 4 is 0 Å². The molecule has 0 aliphatic heterocycles. The summed E-state index contributed by atoms with van der Waals surface area (Å²) < 4.78 is 36.5. The van der Waals surface area contributed by atoms with Crippen molar-refractivity contribution in [2.45, 2.75) is 6.18 Å². The minimum absolute atomic E-state index is 0.712. The molecule has 0 radical (unpaired) electrons. The predicted molar refractivity (Wildman–Crippen MR) is 47.2 cm³/mol. The van der Waals surface area contributed by atoms with E-state index in [0.717, 1.165) is 18.2 Å². The van der Waals surface area contributed by atoms with Gasteiger partial charge in [-0.1, -0.05) is 18.7 Å². The van der Waals surface area contributed by atoms with Crippen LogP contribution in [-0.2, 0) is 0 Å². The summed E-state index contributed by atoms with van der Waals surface area (Å²) in [5, 5.41) is 0. The summed E-state index contributed by atoms with van der Waals surface area (Å²) in [5.74, 6) is 0. The minimum Gasteiger partial charge on any atom is -0.383 e. The fraction of sp³-hybridized carbons (Fsp3) is 0.333. The number of alkyl halides is 3. The lowest BCUT2D eigenvalue weighted by Crippen LogP contribution is -2.11. The molecule has 0 aromatic carbocycles. The molecule has 0 saturated carbocycles. The normalized spacial score (nSPS) is 13.5. The average Bonchev–Trinajstić information content (AvgIpc) is 1.95. The highest BCUT2D eigenvalue weighted by atomic mass is 19.4. The topological polar surface area (TPSA) is 3.24 Å². The van der Waals surface area contributed by atoms with E-state index in [4.69, 9.17) is 0 Å². The molecule has 13 heavy (non-hydrogen) atoms. The Balaban J connectivity index is 4.65. The highest BCUT2D eigenvalue weighted by Gasteiger charge is 2.31. The first-order valence-corrected chi connectivity index (χ1v) is 3.62. The van der Waals surface area contributed by atoms with Gasteiger partial charge in [0.1, 0.15) is 0 Å². The van der Waals surface area contributed by atoms with Crippen molar-refractivity contribution in [2.24, 2.45) is 0 Å². The van der Waals surface area contributed by atoms with Gasteiger partial charge in [-0.25, -0.2) is 0 Å². The first-order chi connectivity index (χ1) is 5.88. The number of rotatable bonds is 3. The van der Waals surface area contributed by atoms with E-state index < -0.39 is 11.7 Å². The summed E-state index contributed by atoms with van der Waals surface area (Å²) in [5.41, 5.74) is -0.712. The second-order valence-corrected chi connectivity index (χ2v) is 2.63. The molecule has 4 heteroatoms. The van der Waals surface area contributed by atoms with Crippen LogP contribution < -0.4 is 0 Å². The summed E-state index contributed by atoms with van der Waals surface area (Å²) in [6.07, 6.45) is 0.0635. The van der Waals surface area contributed by atoms with Gasteiger partial charge >= 0.3 is 6.18 Å². The monoisotopic (exact) mass is 191 g/mol. The Kier molecular flexibility index (Phi) is 4.31. The van der Waals surface area contributed by atoms with Gasteiger partial charge in [0, 0.05) is 14.1 Å². The zero-order chi connectivity index (χ0) is 10.5. The molecule has 0 aliphatic rings. The van der Waals surface area contributed by atoms with Crippen molar-refractivity contribution in [1.82, 2.24) is 4.90 Å². The second kappa shape index (κ2) is 4.74. The fourth-order valence-corrected chi connectivity index (χ4v) is 0.601. The van der Waals surface area contributed by atoms with E-state index in [9.17, 15) is 13.2 Å². The van der Waals surface area contributed by atoms with Crippen LogP contribution in [0.4, 0.5) is 13.2 Å². The largest absolute Gasteiger partial charge is 0.416 e. The molecule has 0 fully saturated rings. The maximum absolute atomic E-state index is 12.2. The third-order valence-corrected chi connectivity index (χ3v) is 1.18. The number of halogens is 3. The van der Waals surface area contributed by atoms with E-state index >= 15 is 0 Å². The van der Waals surface area contributed by atoms with Crippen LogP contribution in [0, 0.1) is 0 Å². The summed E-state index contributed by atoms with van der Waals surface area (Å²) in [4.78, 5) is 1.53. The Morgan fingerprint density at radius 1 is 1.31 bits per heavy atom. The number of allylic oxidation sites excluding steroid dienone is 4. The molecule has 0 unspecified atom stereocenters. The van der Waals surface area contributed by atoms with E-state index in [1.165, 1.54) is 11.1 Å². The van der Waals surface area contributed by atoms with Gasteiger partial charge in [0.2, 0.25) is 0 Å². The number of nitrogens with zero attached hydrogens (tertiary/aromatic N) is 1. The highest BCUT2D eigenvalue weighted by Crippen LogP contribution is 2.26. The van der Waals surface area contributed by atoms with E-state index in [1.54, 1.807) is 14.1 Å². The molecule has 0 rings (SSSR count). The lowest BCUT2D eigenvalue weighted by molar-refractivity contribution is -0.0882. The van der Waals surface area contributed by atoms with Crippen LogP contribution in [-0.4, -0.2) is 25.2 Å². The fourth-order valence-electron chi connectivity index (χ4n) is 0.601. The van der Waals surface area contributed by atoms with Crippen molar-refractivity contribution in [3.8, 4) is 0 Å². The van der Waals surface area contributed by atoms with Gasteiger partial charge in [0.25, 0.3) is 0 Å². The molecule has 0 aliphatic carbocycles. The Morgan fingerprint density at radius 2 is 1.85 bits per heavy atom. The van der Waals surface area contributed by atoms with Crippen molar-refractivity contribution in [3.63, 3.8) is 0 Å². The molecule has 0 spiro atoms. The summed E-state index contributed by atoms with van der Waals surface area (Å²) in [7, 11) is 3.30. The molecule has 0 aromatic heterocycles. The Hall–Kier alpha value is -1.19. The van der Waals surface area contributed by atoms with Gasteiger partial charge in [-0.2, -0.15) is 13.2 Å². The molecule has 1 nitrogen and oxygen atoms in total. The van der Waals surface area contributed by atoms with Crippen LogP contribution in [0.25, 0.3) is 0 Å². The maximum Gasteiger partial charge on any atom is 0.416 e. The molecule has 0 atom stereocenters. The van der Waals surface area contributed by atoms with Crippen LogP contribution in [0.1, 0.15) is 0 Å². The van der Waals surface area contributed by atoms with Gasteiger partial charge in [-0.3, -0.25) is 0 Å². The quantitative estimate of drug-likeness (QED) is 0.620. The van der Waals surface area contributed by atoms with Crippen molar-refractivity contribution in [2.75, 3.05) is 14.1 Å².